The first-order valence-corrected chi connectivity index (χ1v) is 9.72. The zero-order chi connectivity index (χ0) is 24.0. The summed E-state index contributed by atoms with van der Waals surface area (Å²) in [5.74, 6) is -1.32. The summed E-state index contributed by atoms with van der Waals surface area (Å²) in [4.78, 5) is 20.3. The van der Waals surface area contributed by atoms with Crippen LogP contribution in [-0.2, 0) is 13.2 Å². The van der Waals surface area contributed by atoms with Crippen molar-refractivity contribution in [3.8, 4) is 5.88 Å². The van der Waals surface area contributed by atoms with E-state index in [0.29, 0.717) is 17.1 Å². The summed E-state index contributed by atoms with van der Waals surface area (Å²) in [6.07, 6.45) is 4.04. The molecule has 1 atom stereocenters. The molecule has 0 fully saturated rings. The number of ether oxygens (including phenoxy) is 1. The number of amides is 1. The standard InChI is InChI=1S/C22H21F3N6O2.K/c1-14(26-7-8-27-18-12-29-31(2)13-18)15-5-4-6-17(9-15)30-20(32)16-10-19(22(23,24)25)21(33-3)28-11-16;/h4-6,8-14,26H,1-3H3,(H,30,32);/q-2;+1. The quantitative estimate of drug-likeness (QED) is 0.279. The number of carbonyl (C=O) groups excluding carboxylic acids is 1. The number of nitrogens with one attached hydrogen (secondary N) is 2. The SMILES string of the molecule is COc1ncc(C(=O)Nc2cccc(C(C)N[C-]=CN=c3cnn(C)[cH-]3)c2)cc1C(F)(F)F.[K+]. The van der Waals surface area contributed by atoms with Gasteiger partial charge in [-0.15, -0.1) is 6.20 Å². The minimum atomic E-state index is -4.71. The van der Waals surface area contributed by atoms with E-state index in [4.69, 9.17) is 0 Å². The third kappa shape index (κ3) is 7.57. The molecule has 2 N–H and O–H groups in total. The predicted molar refractivity (Wildman–Crippen MR) is 114 cm³/mol. The molecule has 0 bridgehead atoms. The zero-order valence-corrected chi connectivity index (χ0v) is 22.1. The first-order chi connectivity index (χ1) is 15.7. The largest absolute Gasteiger partial charge is 1.00 e. The van der Waals surface area contributed by atoms with E-state index < -0.39 is 23.5 Å². The normalized spacial score (nSPS) is 12.8. The maximum Gasteiger partial charge on any atom is 1.00 e. The van der Waals surface area contributed by atoms with Crippen molar-refractivity contribution in [2.24, 2.45) is 12.0 Å². The monoisotopic (exact) mass is 497 g/mol. The van der Waals surface area contributed by atoms with Gasteiger partial charge in [-0.1, -0.05) is 29.9 Å². The topological polar surface area (TPSA) is 93.4 Å². The summed E-state index contributed by atoms with van der Waals surface area (Å²) in [5, 5.41) is 10.3. The van der Waals surface area contributed by atoms with Gasteiger partial charge in [0.2, 0.25) is 5.88 Å². The van der Waals surface area contributed by atoms with Crippen LogP contribution in [0.25, 0.3) is 0 Å². The van der Waals surface area contributed by atoms with Crippen LogP contribution >= 0.6 is 0 Å². The van der Waals surface area contributed by atoms with Gasteiger partial charge in [-0.3, -0.25) is 9.89 Å². The number of rotatable bonds is 7. The van der Waals surface area contributed by atoms with E-state index in [0.717, 1.165) is 18.9 Å². The summed E-state index contributed by atoms with van der Waals surface area (Å²) in [6.45, 7) is 1.88. The number of aromatic nitrogens is 3. The first-order valence-electron chi connectivity index (χ1n) is 9.72. The third-order valence-corrected chi connectivity index (χ3v) is 4.53. The van der Waals surface area contributed by atoms with Gasteiger partial charge in [0.25, 0.3) is 5.91 Å². The summed E-state index contributed by atoms with van der Waals surface area (Å²) in [5.41, 5.74) is -0.130. The van der Waals surface area contributed by atoms with Crippen LogP contribution in [0, 0.1) is 6.20 Å². The van der Waals surface area contributed by atoms with Gasteiger partial charge in [0, 0.05) is 25.0 Å². The Hall–Kier alpha value is -2.38. The number of methoxy groups -OCH3 is 1. The molecule has 0 aliphatic heterocycles. The Balaban J connectivity index is 0.00000408. The van der Waals surface area contributed by atoms with Crippen LogP contribution in [0.15, 0.2) is 60.1 Å². The molecule has 1 unspecified atom stereocenters. The molecule has 1 aromatic carbocycles. The number of pyridine rings is 1. The third-order valence-electron chi connectivity index (χ3n) is 4.53. The van der Waals surface area contributed by atoms with Crippen molar-refractivity contribution in [1.82, 2.24) is 20.1 Å². The Morgan fingerprint density at radius 1 is 1.32 bits per heavy atom. The molecule has 8 nitrogen and oxygen atoms in total. The van der Waals surface area contributed by atoms with Gasteiger partial charge in [-0.05, 0) is 30.7 Å². The molecule has 0 aliphatic carbocycles. The smallest absolute Gasteiger partial charge is 0.560 e. The average molecular weight is 498 g/mol. The van der Waals surface area contributed by atoms with Crippen molar-refractivity contribution in [2.45, 2.75) is 19.1 Å². The molecule has 0 spiro atoms. The van der Waals surface area contributed by atoms with Crippen LogP contribution in [0.1, 0.15) is 34.5 Å². The van der Waals surface area contributed by atoms with E-state index in [1.54, 1.807) is 42.3 Å². The van der Waals surface area contributed by atoms with Crippen LogP contribution in [0.3, 0.4) is 0 Å². The van der Waals surface area contributed by atoms with Crippen LogP contribution in [0.4, 0.5) is 18.9 Å². The number of carbonyl (C=O) groups is 1. The molecule has 3 aromatic rings. The van der Waals surface area contributed by atoms with E-state index >= 15 is 0 Å². The number of alkyl halides is 3. The maximum absolute atomic E-state index is 13.2. The number of nitrogens with zero attached hydrogens (tertiary/aromatic N) is 4. The van der Waals surface area contributed by atoms with E-state index in [9.17, 15) is 18.0 Å². The number of aryl methyl sites for hydroxylation is 1. The molecular formula is C22H21F3KN6O2-. The van der Waals surface area contributed by atoms with Crippen molar-refractivity contribution in [2.75, 3.05) is 12.4 Å². The van der Waals surface area contributed by atoms with Crippen molar-refractivity contribution in [3.63, 3.8) is 0 Å². The van der Waals surface area contributed by atoms with Crippen molar-refractivity contribution >= 4 is 11.6 Å². The second kappa shape index (κ2) is 12.4. The van der Waals surface area contributed by atoms with Crippen LogP contribution < -0.4 is 72.1 Å². The Morgan fingerprint density at radius 3 is 2.74 bits per heavy atom. The molecule has 2 heterocycles. The molecule has 0 aliphatic rings. The average Bonchev–Trinajstić information content (AvgIpc) is 3.20. The molecular weight excluding hydrogens is 476 g/mol. The van der Waals surface area contributed by atoms with E-state index in [1.807, 2.05) is 13.0 Å². The fourth-order valence-electron chi connectivity index (χ4n) is 2.86. The zero-order valence-electron chi connectivity index (χ0n) is 19.0. The van der Waals surface area contributed by atoms with Crippen LogP contribution in [0.5, 0.6) is 5.88 Å². The summed E-state index contributed by atoms with van der Waals surface area (Å²) >= 11 is 0. The fraction of sp³-hybridized carbons (Fsp3) is 0.227. The number of benzene rings is 1. The number of halogens is 3. The Labute approximate surface area is 236 Å². The van der Waals surface area contributed by atoms with E-state index in [2.05, 4.69) is 36.6 Å². The number of hydrogen-bond donors (Lipinski definition) is 2. The van der Waals surface area contributed by atoms with Gasteiger partial charge in [-0.25, -0.2) is 4.98 Å². The summed E-state index contributed by atoms with van der Waals surface area (Å²) in [6, 6.07) is 7.43. The van der Waals surface area contributed by atoms with Gasteiger partial charge < -0.3 is 31.2 Å². The minimum Gasteiger partial charge on any atom is -0.560 e. The molecule has 1 amide bonds. The molecule has 0 saturated heterocycles. The Bertz CT molecular complexity index is 1220. The molecule has 3 rings (SSSR count). The Morgan fingerprint density at radius 2 is 2.09 bits per heavy atom. The molecule has 2 aromatic heterocycles. The van der Waals surface area contributed by atoms with E-state index in [-0.39, 0.29) is 63.0 Å². The summed E-state index contributed by atoms with van der Waals surface area (Å²) in [7, 11) is 2.87. The van der Waals surface area contributed by atoms with Crippen LogP contribution in [0.2, 0.25) is 0 Å². The number of hydrogen-bond acceptors (Lipinski definition) is 6. The van der Waals surface area contributed by atoms with Crippen LogP contribution in [-0.4, -0.2) is 27.8 Å². The van der Waals surface area contributed by atoms with Gasteiger partial charge in [0.05, 0.1) is 12.7 Å². The second-order valence-electron chi connectivity index (χ2n) is 7.00. The molecule has 12 heteroatoms. The maximum atomic E-state index is 13.2. The molecule has 34 heavy (non-hydrogen) atoms. The first kappa shape index (κ1) is 27.9. The predicted octanol–water partition coefficient (Wildman–Crippen LogP) is 0.344. The number of anilines is 1. The van der Waals surface area contributed by atoms with E-state index in [1.165, 1.54) is 6.20 Å². The van der Waals surface area contributed by atoms with Crippen molar-refractivity contribution in [3.05, 3.63) is 83.4 Å². The second-order valence-corrected chi connectivity index (χ2v) is 7.00. The molecule has 174 valence electrons. The van der Waals surface area contributed by atoms with Gasteiger partial charge >= 0.3 is 57.6 Å². The van der Waals surface area contributed by atoms with Crippen molar-refractivity contribution < 1.29 is 74.1 Å². The fourth-order valence-corrected chi connectivity index (χ4v) is 2.86. The van der Waals surface area contributed by atoms with Gasteiger partial charge in [0.1, 0.15) is 5.56 Å². The molecule has 0 saturated carbocycles. The Kier molecular flexibility index (Phi) is 10.1. The van der Waals surface area contributed by atoms with Gasteiger partial charge in [0.15, 0.2) is 0 Å². The minimum absolute atomic E-state index is 0. The van der Waals surface area contributed by atoms with Crippen molar-refractivity contribution in [1.29, 1.82) is 0 Å². The molecule has 0 radical (unpaired) electrons. The summed E-state index contributed by atoms with van der Waals surface area (Å²) < 4.78 is 45.9. The van der Waals surface area contributed by atoms with Gasteiger partial charge in [-0.2, -0.15) is 13.2 Å².